The molecule has 5 amide bonds. The number of ether oxygens (including phenoxy) is 4. The number of amides is 5. The number of methoxy groups -OCH3 is 1. The molecular formula is C43H53N5O12. The first kappa shape index (κ1) is 46.1. The molecule has 4 rings (SSSR count). The van der Waals surface area contributed by atoms with E-state index in [1.165, 1.54) is 32.2 Å². The smallest absolute Gasteiger partial charge is 0.411 e. The van der Waals surface area contributed by atoms with Crippen molar-refractivity contribution in [2.24, 2.45) is 5.92 Å². The van der Waals surface area contributed by atoms with Crippen LogP contribution in [0, 0.1) is 5.92 Å². The molecule has 3 aromatic carbocycles. The Bertz CT molecular complexity index is 2000. The second kappa shape index (κ2) is 22.5. The predicted octanol–water partition coefficient (Wildman–Crippen LogP) is 5.02. The number of piperidine rings is 1. The monoisotopic (exact) mass is 831 g/mol. The molecular weight excluding hydrogens is 778 g/mol. The third-order valence-corrected chi connectivity index (χ3v) is 9.51. The van der Waals surface area contributed by atoms with Gasteiger partial charge in [0.25, 0.3) is 5.91 Å². The summed E-state index contributed by atoms with van der Waals surface area (Å²) in [5.41, 5.74) is 2.41. The van der Waals surface area contributed by atoms with Gasteiger partial charge in [-0.15, -0.1) is 0 Å². The van der Waals surface area contributed by atoms with Crippen molar-refractivity contribution in [3.8, 4) is 11.5 Å². The molecule has 3 atom stereocenters. The summed E-state index contributed by atoms with van der Waals surface area (Å²) in [7, 11) is 1.41. The summed E-state index contributed by atoms with van der Waals surface area (Å²) in [6.07, 6.45) is 1.79. The van der Waals surface area contributed by atoms with E-state index in [-0.39, 0.29) is 61.5 Å². The number of carbonyl (C=O) groups is 6. The zero-order valence-electron chi connectivity index (χ0n) is 34.2. The van der Waals surface area contributed by atoms with Gasteiger partial charge in [-0.2, -0.15) is 0 Å². The molecule has 17 nitrogen and oxygen atoms in total. The summed E-state index contributed by atoms with van der Waals surface area (Å²) in [5, 5.41) is 29.7. The molecule has 0 saturated carbocycles. The van der Waals surface area contributed by atoms with Crippen LogP contribution < -0.4 is 30.7 Å². The van der Waals surface area contributed by atoms with Gasteiger partial charge in [0.05, 0.1) is 37.4 Å². The zero-order chi connectivity index (χ0) is 43.8. The molecule has 322 valence electrons. The van der Waals surface area contributed by atoms with Crippen LogP contribution in [0.1, 0.15) is 67.1 Å². The van der Waals surface area contributed by atoms with Crippen LogP contribution in [0.3, 0.4) is 0 Å². The number of carboxylic acids is 1. The molecule has 3 aromatic rings. The molecule has 0 radical (unpaired) electrons. The summed E-state index contributed by atoms with van der Waals surface area (Å²) in [4.78, 5) is 77.8. The second-order valence-corrected chi connectivity index (χ2v) is 14.4. The van der Waals surface area contributed by atoms with Gasteiger partial charge in [-0.1, -0.05) is 62.9 Å². The molecule has 0 spiro atoms. The Kier molecular flexibility index (Phi) is 17.3. The van der Waals surface area contributed by atoms with Crippen LogP contribution in [0.5, 0.6) is 11.5 Å². The first-order valence-corrected chi connectivity index (χ1v) is 19.5. The van der Waals surface area contributed by atoms with Crippen molar-refractivity contribution < 1.29 is 57.9 Å². The Balaban J connectivity index is 1.43. The fourth-order valence-corrected chi connectivity index (χ4v) is 6.33. The summed E-state index contributed by atoms with van der Waals surface area (Å²) in [6, 6.07) is 13.9. The van der Waals surface area contributed by atoms with Crippen molar-refractivity contribution in [3.63, 3.8) is 0 Å². The average molecular weight is 832 g/mol. The van der Waals surface area contributed by atoms with E-state index in [4.69, 9.17) is 18.9 Å². The third kappa shape index (κ3) is 13.5. The molecule has 1 aliphatic heterocycles. The molecule has 0 aliphatic carbocycles. The number of aliphatic carboxylic acids is 1. The van der Waals surface area contributed by atoms with Gasteiger partial charge in [0.2, 0.25) is 11.8 Å². The lowest BCUT2D eigenvalue weighted by atomic mass is 10.0. The highest BCUT2D eigenvalue weighted by atomic mass is 16.6. The molecule has 0 bridgehead atoms. The minimum atomic E-state index is -0.970. The topological polar surface area (TPSA) is 231 Å². The normalized spacial score (nSPS) is 14.5. The molecule has 1 fully saturated rings. The van der Waals surface area contributed by atoms with Gasteiger partial charge >= 0.3 is 18.2 Å². The van der Waals surface area contributed by atoms with Gasteiger partial charge in [0, 0.05) is 18.3 Å². The van der Waals surface area contributed by atoms with Gasteiger partial charge in [0.1, 0.15) is 31.9 Å². The number of benzene rings is 3. The number of alkyl carbamates (subject to hydrolysis) is 1. The lowest BCUT2D eigenvalue weighted by molar-refractivity contribution is -0.136. The number of rotatable bonds is 19. The fourth-order valence-electron chi connectivity index (χ4n) is 6.33. The quantitative estimate of drug-likeness (QED) is 0.0876. The third-order valence-electron chi connectivity index (χ3n) is 9.51. The highest BCUT2D eigenvalue weighted by molar-refractivity contribution is 6.04. The fraction of sp³-hybridized carbons (Fsp3) is 0.395. The van der Waals surface area contributed by atoms with Gasteiger partial charge in [0.15, 0.2) is 11.5 Å². The van der Waals surface area contributed by atoms with Crippen molar-refractivity contribution in [1.29, 1.82) is 0 Å². The van der Waals surface area contributed by atoms with Crippen LogP contribution in [0.15, 0.2) is 73.3 Å². The average Bonchev–Trinajstić information content (AvgIpc) is 3.23. The predicted molar refractivity (Wildman–Crippen MR) is 221 cm³/mol. The molecule has 60 heavy (non-hydrogen) atoms. The van der Waals surface area contributed by atoms with E-state index in [0.717, 1.165) is 12.8 Å². The van der Waals surface area contributed by atoms with E-state index in [9.17, 15) is 39.0 Å². The van der Waals surface area contributed by atoms with Gasteiger partial charge < -0.3 is 50.0 Å². The lowest BCUT2D eigenvalue weighted by Crippen LogP contribution is -2.53. The van der Waals surface area contributed by atoms with E-state index < -0.39 is 54.0 Å². The van der Waals surface area contributed by atoms with E-state index in [1.54, 1.807) is 67.3 Å². The number of hydrogen-bond acceptors (Lipinski definition) is 11. The Hall–Kier alpha value is -6.62. The largest absolute Gasteiger partial charge is 0.493 e. The van der Waals surface area contributed by atoms with Crippen LogP contribution in [-0.4, -0.2) is 96.0 Å². The van der Waals surface area contributed by atoms with Crippen LogP contribution in [0.4, 0.5) is 21.0 Å². The van der Waals surface area contributed by atoms with Crippen LogP contribution >= 0.6 is 0 Å². The molecule has 6 N–H and O–H groups in total. The lowest BCUT2D eigenvalue weighted by Gasteiger charge is -2.35. The van der Waals surface area contributed by atoms with Crippen molar-refractivity contribution in [2.45, 2.75) is 77.8 Å². The van der Waals surface area contributed by atoms with Gasteiger partial charge in [-0.3, -0.25) is 24.5 Å². The summed E-state index contributed by atoms with van der Waals surface area (Å²) in [5.74, 6) is -2.38. The summed E-state index contributed by atoms with van der Waals surface area (Å²) >= 11 is 0. The van der Waals surface area contributed by atoms with Gasteiger partial charge in [-0.25, -0.2) is 9.59 Å². The Labute approximate surface area is 348 Å². The Morgan fingerprint density at radius 1 is 0.850 bits per heavy atom. The van der Waals surface area contributed by atoms with Gasteiger partial charge in [-0.05, 0) is 67.0 Å². The molecule has 17 heteroatoms. The maximum absolute atomic E-state index is 14.0. The highest BCUT2D eigenvalue weighted by Gasteiger charge is 2.31. The summed E-state index contributed by atoms with van der Waals surface area (Å²) in [6.45, 7) is 8.46. The minimum Gasteiger partial charge on any atom is -0.493 e. The zero-order valence-corrected chi connectivity index (χ0v) is 34.2. The van der Waals surface area contributed by atoms with Crippen molar-refractivity contribution in [3.05, 3.63) is 95.6 Å². The number of aliphatic hydroxyl groups excluding tert-OH is 1. The SMILES string of the molecule is C=CCOC(=O)N[C@H](C(=O)N[C@@H](C)C(=O)Nc1ccc(COC(=O)Nc2cc(OCc3cccc(CC(=O)O)c3)c(OC)cc2C(=O)N2CCCC[C@H]2CO)cc1)C(C)C. The number of nitrogens with one attached hydrogen (secondary N) is 4. The van der Waals surface area contributed by atoms with Crippen LogP contribution in [0.2, 0.25) is 0 Å². The Morgan fingerprint density at radius 3 is 2.25 bits per heavy atom. The number of aliphatic hydroxyl groups is 1. The number of anilines is 2. The maximum Gasteiger partial charge on any atom is 0.411 e. The maximum atomic E-state index is 14.0. The van der Waals surface area contributed by atoms with Crippen molar-refractivity contribution in [2.75, 3.05) is 37.5 Å². The highest BCUT2D eigenvalue weighted by Crippen LogP contribution is 2.36. The van der Waals surface area contributed by atoms with E-state index in [1.807, 2.05) is 0 Å². The van der Waals surface area contributed by atoms with Crippen molar-refractivity contribution >= 4 is 47.3 Å². The number of likely N-dealkylation sites (tertiary alicyclic amines) is 1. The number of carboxylic acid groups (broad SMARTS) is 1. The summed E-state index contributed by atoms with van der Waals surface area (Å²) < 4.78 is 22.1. The van der Waals surface area contributed by atoms with Crippen LogP contribution in [-0.2, 0) is 43.5 Å². The molecule has 1 heterocycles. The van der Waals surface area contributed by atoms with E-state index in [0.29, 0.717) is 35.3 Å². The number of hydrogen-bond donors (Lipinski definition) is 6. The second-order valence-electron chi connectivity index (χ2n) is 14.4. The molecule has 0 aromatic heterocycles. The molecule has 0 unspecified atom stereocenters. The number of carbonyl (C=O) groups excluding carboxylic acids is 5. The van der Waals surface area contributed by atoms with Crippen LogP contribution in [0.25, 0.3) is 0 Å². The van der Waals surface area contributed by atoms with Crippen molar-refractivity contribution in [1.82, 2.24) is 15.5 Å². The first-order chi connectivity index (χ1) is 28.7. The first-order valence-electron chi connectivity index (χ1n) is 19.5. The standard InChI is InChI=1S/C43H53N5O12/c1-6-18-58-43(56)47-38(26(2)3)40(53)44-27(4)39(52)45-31-15-13-28(14-16-31)24-60-42(55)46-34-22-36(59-25-30-11-9-10-29(19-30)20-37(50)51)35(57-5)21-33(34)41(54)48-17-8-7-12-32(48)23-49/h6,9-11,13-16,19,21-22,26-27,32,38,49H,1,7-8,12,17-18,20,23-25H2,2-5H3,(H,44,53)(H,45,52)(H,46,55)(H,47,56)(H,50,51)/t27-,32-,38-/m0/s1. The molecule has 1 saturated heterocycles. The van der Waals surface area contributed by atoms with E-state index >= 15 is 0 Å². The minimum absolute atomic E-state index is 0.0223. The molecule has 1 aliphatic rings. The number of nitrogens with zero attached hydrogens (tertiary/aromatic N) is 1. The Morgan fingerprint density at radius 2 is 1.58 bits per heavy atom. The van der Waals surface area contributed by atoms with E-state index in [2.05, 4.69) is 27.8 Å².